The summed E-state index contributed by atoms with van der Waals surface area (Å²) in [5.41, 5.74) is 3.27. The average Bonchev–Trinajstić information content (AvgIpc) is 2.73. The highest BCUT2D eigenvalue weighted by Crippen LogP contribution is 2.27. The number of carbonyl (C=O) groups excluding carboxylic acids is 1. The van der Waals surface area contributed by atoms with Gasteiger partial charge in [-0.05, 0) is 50.5 Å². The van der Waals surface area contributed by atoms with Gasteiger partial charge in [-0.15, -0.1) is 0 Å². The topological polar surface area (TPSA) is 73.2 Å². The minimum Gasteiger partial charge on any atom is -0.385 e. The highest BCUT2D eigenvalue weighted by atomic mass is 32.2. The third-order valence-corrected chi connectivity index (χ3v) is 5.94. The van der Waals surface area contributed by atoms with Crippen LogP contribution in [0.1, 0.15) is 24.5 Å². The molecule has 1 heterocycles. The van der Waals surface area contributed by atoms with E-state index in [4.69, 9.17) is 9.72 Å². The van der Waals surface area contributed by atoms with Gasteiger partial charge >= 0.3 is 0 Å². The zero-order valence-corrected chi connectivity index (χ0v) is 18.6. The quantitative estimate of drug-likeness (QED) is 0.339. The molecule has 158 valence electrons. The van der Waals surface area contributed by atoms with Gasteiger partial charge in [0.15, 0.2) is 5.16 Å². The number of fused-ring (bicyclic) bond motifs is 1. The number of ether oxygens (including phenoxy) is 1. The van der Waals surface area contributed by atoms with Gasteiger partial charge in [0.25, 0.3) is 5.56 Å². The number of nitrogens with zero attached hydrogens (tertiary/aromatic N) is 2. The predicted molar refractivity (Wildman–Crippen MR) is 122 cm³/mol. The fourth-order valence-corrected chi connectivity index (χ4v) is 4.27. The monoisotopic (exact) mass is 425 g/mol. The van der Waals surface area contributed by atoms with Crippen LogP contribution in [0.2, 0.25) is 0 Å². The Labute approximate surface area is 180 Å². The largest absolute Gasteiger partial charge is 0.385 e. The molecular weight excluding hydrogens is 398 g/mol. The van der Waals surface area contributed by atoms with Crippen LogP contribution in [-0.2, 0) is 9.53 Å². The molecule has 1 atom stereocenters. The zero-order valence-electron chi connectivity index (χ0n) is 17.8. The number of hydrogen-bond acceptors (Lipinski definition) is 5. The number of benzene rings is 2. The molecule has 1 amide bonds. The molecule has 0 radical (unpaired) electrons. The molecule has 0 spiro atoms. The van der Waals surface area contributed by atoms with Gasteiger partial charge in [0.1, 0.15) is 0 Å². The second-order valence-electron chi connectivity index (χ2n) is 7.19. The van der Waals surface area contributed by atoms with E-state index in [-0.39, 0.29) is 11.5 Å². The van der Waals surface area contributed by atoms with E-state index in [2.05, 4.69) is 5.32 Å². The minimum atomic E-state index is -0.406. The number of aryl methyl sites for hydroxylation is 2. The summed E-state index contributed by atoms with van der Waals surface area (Å²) in [5, 5.41) is 3.58. The molecule has 0 saturated heterocycles. The molecule has 3 aromatic rings. The SMILES string of the molecule is COCCCNC(=O)C(C)Sc1nc2ccccc2c(=O)n1-c1c(C)cccc1C. The van der Waals surface area contributed by atoms with Crippen molar-refractivity contribution in [1.29, 1.82) is 0 Å². The Morgan fingerprint density at radius 3 is 2.57 bits per heavy atom. The summed E-state index contributed by atoms with van der Waals surface area (Å²) < 4.78 is 6.66. The van der Waals surface area contributed by atoms with Crippen LogP contribution in [0.5, 0.6) is 0 Å². The van der Waals surface area contributed by atoms with Crippen molar-refractivity contribution in [3.63, 3.8) is 0 Å². The first-order valence-electron chi connectivity index (χ1n) is 9.95. The Balaban J connectivity index is 2.03. The van der Waals surface area contributed by atoms with Gasteiger partial charge in [0.05, 0.1) is 21.8 Å². The summed E-state index contributed by atoms with van der Waals surface area (Å²) in [6.45, 7) is 6.92. The van der Waals surface area contributed by atoms with Crippen molar-refractivity contribution in [2.75, 3.05) is 20.3 Å². The lowest BCUT2D eigenvalue weighted by molar-refractivity contribution is -0.120. The lowest BCUT2D eigenvalue weighted by Crippen LogP contribution is -2.33. The van der Waals surface area contributed by atoms with Crippen LogP contribution in [0.25, 0.3) is 16.6 Å². The molecule has 0 fully saturated rings. The molecular formula is C23H27N3O3S. The number of para-hydroxylation sites is 2. The first-order chi connectivity index (χ1) is 14.4. The molecule has 0 aliphatic rings. The number of carbonyl (C=O) groups is 1. The van der Waals surface area contributed by atoms with E-state index >= 15 is 0 Å². The van der Waals surface area contributed by atoms with E-state index in [1.807, 2.05) is 57.2 Å². The lowest BCUT2D eigenvalue weighted by Gasteiger charge is -2.19. The average molecular weight is 426 g/mol. The molecule has 0 aliphatic heterocycles. The molecule has 0 bridgehead atoms. The fraction of sp³-hybridized carbons (Fsp3) is 0.348. The molecule has 3 rings (SSSR count). The standard InChI is InChI=1S/C23H27N3O3S/c1-15-9-7-10-16(2)20(15)26-22(28)18-11-5-6-12-19(18)25-23(26)30-17(3)21(27)24-13-8-14-29-4/h5-7,9-12,17H,8,13-14H2,1-4H3,(H,24,27). The lowest BCUT2D eigenvalue weighted by atomic mass is 10.1. The van der Waals surface area contributed by atoms with Crippen LogP contribution in [0, 0.1) is 13.8 Å². The van der Waals surface area contributed by atoms with E-state index in [1.54, 1.807) is 17.7 Å². The van der Waals surface area contributed by atoms with E-state index in [1.165, 1.54) is 11.8 Å². The summed E-state index contributed by atoms with van der Waals surface area (Å²) in [4.78, 5) is 30.8. The van der Waals surface area contributed by atoms with Crippen molar-refractivity contribution in [2.24, 2.45) is 0 Å². The van der Waals surface area contributed by atoms with Gasteiger partial charge < -0.3 is 10.1 Å². The molecule has 2 aromatic carbocycles. The van der Waals surface area contributed by atoms with Gasteiger partial charge in [0, 0.05) is 20.3 Å². The van der Waals surface area contributed by atoms with Crippen molar-refractivity contribution in [3.05, 3.63) is 63.9 Å². The van der Waals surface area contributed by atoms with Gasteiger partial charge in [-0.2, -0.15) is 0 Å². The predicted octanol–water partition coefficient (Wildman–Crippen LogP) is 3.64. The van der Waals surface area contributed by atoms with Crippen molar-refractivity contribution >= 4 is 28.6 Å². The number of thioether (sulfide) groups is 1. The Bertz CT molecular complexity index is 1090. The van der Waals surface area contributed by atoms with Crippen LogP contribution in [0.3, 0.4) is 0 Å². The smallest absolute Gasteiger partial charge is 0.266 e. The van der Waals surface area contributed by atoms with Gasteiger partial charge in [-0.1, -0.05) is 42.1 Å². The maximum absolute atomic E-state index is 13.4. The third kappa shape index (κ3) is 4.74. The number of amides is 1. The second-order valence-corrected chi connectivity index (χ2v) is 8.50. The number of nitrogens with one attached hydrogen (secondary N) is 1. The summed E-state index contributed by atoms with van der Waals surface area (Å²) in [7, 11) is 1.64. The van der Waals surface area contributed by atoms with Crippen molar-refractivity contribution in [3.8, 4) is 5.69 Å². The summed E-state index contributed by atoms with van der Waals surface area (Å²) in [5.74, 6) is -0.0911. The Hall–Kier alpha value is -2.64. The van der Waals surface area contributed by atoms with Crippen molar-refractivity contribution in [2.45, 2.75) is 37.6 Å². The van der Waals surface area contributed by atoms with Crippen LogP contribution in [0.4, 0.5) is 0 Å². The first kappa shape index (κ1) is 22.1. The fourth-order valence-electron chi connectivity index (χ4n) is 3.33. The molecule has 1 N–H and O–H groups in total. The third-order valence-electron chi connectivity index (χ3n) is 4.88. The zero-order chi connectivity index (χ0) is 21.7. The maximum Gasteiger partial charge on any atom is 0.266 e. The van der Waals surface area contributed by atoms with Crippen LogP contribution >= 0.6 is 11.8 Å². The first-order valence-corrected chi connectivity index (χ1v) is 10.8. The van der Waals surface area contributed by atoms with E-state index in [9.17, 15) is 9.59 Å². The molecule has 7 heteroatoms. The van der Waals surface area contributed by atoms with Crippen molar-refractivity contribution < 1.29 is 9.53 Å². The number of rotatable bonds is 8. The van der Waals surface area contributed by atoms with Crippen LogP contribution in [-0.4, -0.2) is 41.0 Å². The maximum atomic E-state index is 13.4. The van der Waals surface area contributed by atoms with Gasteiger partial charge in [-0.25, -0.2) is 4.98 Å². The Morgan fingerprint density at radius 2 is 1.87 bits per heavy atom. The van der Waals surface area contributed by atoms with Crippen LogP contribution < -0.4 is 10.9 Å². The number of aromatic nitrogens is 2. The molecule has 6 nitrogen and oxygen atoms in total. The van der Waals surface area contributed by atoms with E-state index < -0.39 is 5.25 Å². The van der Waals surface area contributed by atoms with Gasteiger partial charge in [0.2, 0.25) is 5.91 Å². The normalized spacial score (nSPS) is 12.1. The number of hydrogen-bond donors (Lipinski definition) is 1. The molecule has 1 unspecified atom stereocenters. The molecule has 0 aliphatic carbocycles. The molecule has 30 heavy (non-hydrogen) atoms. The van der Waals surface area contributed by atoms with Crippen molar-refractivity contribution in [1.82, 2.24) is 14.9 Å². The Morgan fingerprint density at radius 1 is 1.17 bits per heavy atom. The number of methoxy groups -OCH3 is 1. The second kappa shape index (κ2) is 9.91. The van der Waals surface area contributed by atoms with Crippen LogP contribution in [0.15, 0.2) is 52.4 Å². The summed E-state index contributed by atoms with van der Waals surface area (Å²) in [6.07, 6.45) is 0.751. The summed E-state index contributed by atoms with van der Waals surface area (Å²) in [6, 6.07) is 13.2. The minimum absolute atomic E-state index is 0.0911. The van der Waals surface area contributed by atoms with Gasteiger partial charge in [-0.3, -0.25) is 14.2 Å². The highest BCUT2D eigenvalue weighted by molar-refractivity contribution is 8.00. The Kier molecular flexibility index (Phi) is 7.29. The van der Waals surface area contributed by atoms with E-state index in [0.717, 1.165) is 23.2 Å². The molecule has 1 aromatic heterocycles. The van der Waals surface area contributed by atoms with E-state index in [0.29, 0.717) is 29.2 Å². The highest BCUT2D eigenvalue weighted by Gasteiger charge is 2.21. The molecule has 0 saturated carbocycles. The summed E-state index contributed by atoms with van der Waals surface area (Å²) >= 11 is 1.29.